The molecule has 2 aliphatic carbocycles. The number of amides is 1. The Bertz CT molecular complexity index is 465. The maximum Gasteiger partial charge on any atom is 0.410 e. The number of carbonyl (C=O) groups excluding carboxylic acids is 1. The Balaban J connectivity index is 1.11. The fraction of sp³-hybridized carbons (Fsp3) is 0.950. The van der Waals surface area contributed by atoms with Gasteiger partial charge < -0.3 is 24.2 Å². The molecule has 3 rings (SSSR count). The topological polar surface area (TPSA) is 68.2 Å². The molecule has 0 unspecified atom stereocenters. The molecule has 26 heavy (non-hydrogen) atoms. The monoisotopic (exact) mass is 369 g/mol. The summed E-state index contributed by atoms with van der Waals surface area (Å²) < 4.78 is 16.9. The molecule has 3 fully saturated rings. The number of aliphatic hydroxyl groups excluding tert-OH is 1. The smallest absolute Gasteiger partial charge is 0.410 e. The van der Waals surface area contributed by atoms with Crippen LogP contribution in [0, 0.1) is 17.8 Å². The number of carbonyl (C=O) groups is 1. The van der Waals surface area contributed by atoms with E-state index in [0.29, 0.717) is 13.1 Å². The van der Waals surface area contributed by atoms with Crippen molar-refractivity contribution in [1.29, 1.82) is 0 Å². The summed E-state index contributed by atoms with van der Waals surface area (Å²) in [5.41, 5.74) is -0.442. The van der Waals surface area contributed by atoms with Gasteiger partial charge in [-0.25, -0.2) is 4.79 Å². The molecule has 1 saturated heterocycles. The highest BCUT2D eigenvalue weighted by atomic mass is 16.6. The van der Waals surface area contributed by atoms with Gasteiger partial charge in [-0.3, -0.25) is 0 Å². The molecule has 1 N–H and O–H groups in total. The molecule has 1 heterocycles. The van der Waals surface area contributed by atoms with Gasteiger partial charge >= 0.3 is 6.09 Å². The third-order valence-electron chi connectivity index (χ3n) is 5.60. The van der Waals surface area contributed by atoms with Crippen molar-refractivity contribution in [3.8, 4) is 0 Å². The number of hydrogen-bond acceptors (Lipinski definition) is 5. The third kappa shape index (κ3) is 5.83. The largest absolute Gasteiger partial charge is 0.444 e. The van der Waals surface area contributed by atoms with E-state index in [0.717, 1.165) is 63.3 Å². The SMILES string of the molecule is CC(C)(C)OC(=O)N1CC(OCCCCOC[C@H]2C[C@@H]2C2CC(O)C2)C1. The predicted molar refractivity (Wildman–Crippen MR) is 97.9 cm³/mol. The lowest BCUT2D eigenvalue weighted by molar-refractivity contribution is -0.0644. The molecule has 0 radical (unpaired) electrons. The third-order valence-corrected chi connectivity index (χ3v) is 5.60. The van der Waals surface area contributed by atoms with E-state index in [-0.39, 0.29) is 18.3 Å². The predicted octanol–water partition coefficient (Wildman–Crippen LogP) is 2.83. The quantitative estimate of drug-likeness (QED) is 0.633. The first-order valence-corrected chi connectivity index (χ1v) is 10.2. The van der Waals surface area contributed by atoms with E-state index in [1.165, 1.54) is 6.42 Å². The first kappa shape index (κ1) is 19.9. The van der Waals surface area contributed by atoms with E-state index in [4.69, 9.17) is 14.2 Å². The molecule has 2 atom stereocenters. The lowest BCUT2D eigenvalue weighted by Crippen LogP contribution is -2.55. The average Bonchev–Trinajstić information content (AvgIpc) is 3.21. The van der Waals surface area contributed by atoms with Gasteiger partial charge in [0, 0.05) is 19.8 Å². The molecule has 0 bridgehead atoms. The van der Waals surface area contributed by atoms with E-state index < -0.39 is 5.60 Å². The highest BCUT2D eigenvalue weighted by molar-refractivity contribution is 5.69. The van der Waals surface area contributed by atoms with Crippen molar-refractivity contribution in [3.05, 3.63) is 0 Å². The van der Waals surface area contributed by atoms with E-state index in [9.17, 15) is 9.90 Å². The zero-order valence-corrected chi connectivity index (χ0v) is 16.5. The van der Waals surface area contributed by atoms with Crippen LogP contribution in [0.25, 0.3) is 0 Å². The van der Waals surface area contributed by atoms with Crippen LogP contribution >= 0.6 is 0 Å². The van der Waals surface area contributed by atoms with Crippen LogP contribution in [-0.4, -0.2) is 66.8 Å². The van der Waals surface area contributed by atoms with Gasteiger partial charge in [0.15, 0.2) is 0 Å². The fourth-order valence-electron chi connectivity index (χ4n) is 3.83. The van der Waals surface area contributed by atoms with Gasteiger partial charge in [-0.15, -0.1) is 0 Å². The van der Waals surface area contributed by atoms with Crippen molar-refractivity contribution < 1.29 is 24.1 Å². The number of hydrogen-bond donors (Lipinski definition) is 1. The number of likely N-dealkylation sites (tertiary alicyclic amines) is 1. The molecule has 0 spiro atoms. The van der Waals surface area contributed by atoms with Crippen LogP contribution < -0.4 is 0 Å². The minimum Gasteiger partial charge on any atom is -0.444 e. The number of rotatable bonds is 9. The van der Waals surface area contributed by atoms with Crippen molar-refractivity contribution in [2.24, 2.45) is 17.8 Å². The standard InChI is InChI=1S/C20H35NO5/c1-20(2,3)26-19(23)21-11-17(12-21)25-7-5-4-6-24-13-15-10-18(15)14-8-16(22)9-14/h14-18,22H,4-13H2,1-3H3/t14?,15-,16?,18-/m1/s1. The molecule has 2 saturated carbocycles. The summed E-state index contributed by atoms with van der Waals surface area (Å²) in [6.07, 6.45) is 5.17. The number of nitrogens with zero attached hydrogens (tertiary/aromatic N) is 1. The Morgan fingerprint density at radius 3 is 2.46 bits per heavy atom. The summed E-state index contributed by atoms with van der Waals surface area (Å²) in [5.74, 6) is 2.31. The van der Waals surface area contributed by atoms with Crippen molar-refractivity contribution >= 4 is 6.09 Å². The van der Waals surface area contributed by atoms with Gasteiger partial charge in [-0.05, 0) is 70.6 Å². The van der Waals surface area contributed by atoms with Gasteiger partial charge in [0.25, 0.3) is 0 Å². The summed E-state index contributed by atoms with van der Waals surface area (Å²) in [4.78, 5) is 13.5. The molecule has 1 aliphatic heterocycles. The van der Waals surface area contributed by atoms with Crippen LogP contribution in [-0.2, 0) is 14.2 Å². The normalized spacial score (nSPS) is 31.3. The van der Waals surface area contributed by atoms with E-state index >= 15 is 0 Å². The number of unbranched alkanes of at least 4 members (excludes halogenated alkanes) is 1. The number of ether oxygens (including phenoxy) is 3. The Morgan fingerprint density at radius 2 is 1.81 bits per heavy atom. The van der Waals surface area contributed by atoms with E-state index in [1.54, 1.807) is 4.90 Å². The second-order valence-corrected chi connectivity index (χ2v) is 9.21. The summed E-state index contributed by atoms with van der Waals surface area (Å²) in [5, 5.41) is 9.36. The second-order valence-electron chi connectivity index (χ2n) is 9.21. The Morgan fingerprint density at radius 1 is 1.12 bits per heavy atom. The molecule has 0 aromatic heterocycles. The average molecular weight is 370 g/mol. The maximum absolute atomic E-state index is 11.8. The van der Waals surface area contributed by atoms with E-state index in [1.807, 2.05) is 20.8 Å². The summed E-state index contributed by atoms with van der Waals surface area (Å²) in [6.45, 7) is 9.29. The molecule has 3 aliphatic rings. The van der Waals surface area contributed by atoms with Crippen molar-refractivity contribution in [2.45, 2.75) is 70.7 Å². The highest BCUT2D eigenvalue weighted by Crippen LogP contribution is 2.51. The summed E-state index contributed by atoms with van der Waals surface area (Å²) in [7, 11) is 0. The van der Waals surface area contributed by atoms with Crippen molar-refractivity contribution in [2.75, 3.05) is 32.9 Å². The highest BCUT2D eigenvalue weighted by Gasteiger charge is 2.47. The lowest BCUT2D eigenvalue weighted by Gasteiger charge is -2.39. The van der Waals surface area contributed by atoms with Gasteiger partial charge in [-0.2, -0.15) is 0 Å². The van der Waals surface area contributed by atoms with Crippen LogP contribution in [0.2, 0.25) is 0 Å². The summed E-state index contributed by atoms with van der Waals surface area (Å²) >= 11 is 0. The Hall–Kier alpha value is -0.850. The molecule has 6 nitrogen and oxygen atoms in total. The molecular weight excluding hydrogens is 334 g/mol. The van der Waals surface area contributed by atoms with Crippen molar-refractivity contribution in [1.82, 2.24) is 4.90 Å². The summed E-state index contributed by atoms with van der Waals surface area (Å²) in [6, 6.07) is 0. The van der Waals surface area contributed by atoms with Crippen LogP contribution in [0.4, 0.5) is 4.79 Å². The van der Waals surface area contributed by atoms with Gasteiger partial charge in [0.2, 0.25) is 0 Å². The Kier molecular flexibility index (Phi) is 6.46. The second kappa shape index (κ2) is 8.44. The van der Waals surface area contributed by atoms with E-state index in [2.05, 4.69) is 0 Å². The Labute approximate surface area is 157 Å². The first-order chi connectivity index (χ1) is 12.3. The lowest BCUT2D eigenvalue weighted by atomic mass is 9.78. The fourth-order valence-corrected chi connectivity index (χ4v) is 3.83. The molecule has 0 aromatic carbocycles. The van der Waals surface area contributed by atoms with Crippen LogP contribution in [0.15, 0.2) is 0 Å². The minimum absolute atomic E-state index is 0.0333. The van der Waals surface area contributed by atoms with Crippen LogP contribution in [0.1, 0.15) is 52.9 Å². The molecular formula is C20H35NO5. The van der Waals surface area contributed by atoms with Gasteiger partial charge in [0.1, 0.15) is 5.60 Å². The van der Waals surface area contributed by atoms with Gasteiger partial charge in [-0.1, -0.05) is 0 Å². The maximum atomic E-state index is 11.8. The number of aliphatic hydroxyl groups is 1. The van der Waals surface area contributed by atoms with Crippen molar-refractivity contribution in [3.63, 3.8) is 0 Å². The van der Waals surface area contributed by atoms with Crippen LogP contribution in [0.5, 0.6) is 0 Å². The minimum atomic E-state index is -0.442. The molecule has 1 amide bonds. The molecule has 150 valence electrons. The zero-order valence-electron chi connectivity index (χ0n) is 16.5. The molecule has 0 aromatic rings. The molecule has 6 heteroatoms. The first-order valence-electron chi connectivity index (χ1n) is 10.2. The van der Waals surface area contributed by atoms with Crippen LogP contribution in [0.3, 0.4) is 0 Å². The van der Waals surface area contributed by atoms with Gasteiger partial charge in [0.05, 0.1) is 25.3 Å². The zero-order chi connectivity index (χ0) is 18.7.